The van der Waals surface area contributed by atoms with Crippen LogP contribution in [0.5, 0.6) is 11.5 Å². The summed E-state index contributed by atoms with van der Waals surface area (Å²) >= 11 is 0. The van der Waals surface area contributed by atoms with Crippen LogP contribution in [0, 0.1) is 0 Å². The number of benzene rings is 3. The van der Waals surface area contributed by atoms with Crippen molar-refractivity contribution in [2.24, 2.45) is 0 Å². The molecule has 0 radical (unpaired) electrons. The minimum Gasteiger partial charge on any atom is -0.507 e. The molecule has 8 heteroatoms. The number of carbonyl (C=O) groups is 3. The van der Waals surface area contributed by atoms with Crippen molar-refractivity contribution in [1.29, 1.82) is 0 Å². The van der Waals surface area contributed by atoms with Crippen molar-refractivity contribution in [3.8, 4) is 11.5 Å². The Morgan fingerprint density at radius 2 is 1.56 bits per heavy atom. The third-order valence-corrected chi connectivity index (χ3v) is 5.87. The summed E-state index contributed by atoms with van der Waals surface area (Å²) in [5.41, 5.74) is 1.55. The number of amides is 1. The third-order valence-electron chi connectivity index (χ3n) is 5.87. The van der Waals surface area contributed by atoms with Crippen LogP contribution >= 0.6 is 0 Å². The molecule has 1 saturated heterocycles. The maximum Gasteiger partial charge on any atom is 0.338 e. The Balaban J connectivity index is 1.89. The highest BCUT2D eigenvalue weighted by Crippen LogP contribution is 2.44. The van der Waals surface area contributed by atoms with Crippen molar-refractivity contribution in [3.05, 3.63) is 95.1 Å². The monoisotopic (exact) mass is 487 g/mol. The fourth-order valence-corrected chi connectivity index (χ4v) is 4.16. The summed E-state index contributed by atoms with van der Waals surface area (Å²) in [5.74, 6) is -1.55. The second kappa shape index (κ2) is 10.4. The van der Waals surface area contributed by atoms with Gasteiger partial charge in [-0.1, -0.05) is 36.4 Å². The lowest BCUT2D eigenvalue weighted by Gasteiger charge is -2.26. The van der Waals surface area contributed by atoms with Gasteiger partial charge in [-0.05, 0) is 48.9 Å². The highest BCUT2D eigenvalue weighted by Gasteiger charge is 2.47. The number of rotatable bonds is 7. The molecule has 3 aromatic carbocycles. The van der Waals surface area contributed by atoms with Crippen LogP contribution in [0.3, 0.4) is 0 Å². The van der Waals surface area contributed by atoms with E-state index in [1.165, 1.54) is 31.3 Å². The fourth-order valence-electron chi connectivity index (χ4n) is 4.16. The highest BCUT2D eigenvalue weighted by molar-refractivity contribution is 6.51. The van der Waals surface area contributed by atoms with Crippen molar-refractivity contribution in [2.75, 3.05) is 25.7 Å². The van der Waals surface area contributed by atoms with Crippen molar-refractivity contribution >= 4 is 29.1 Å². The van der Waals surface area contributed by atoms with Crippen molar-refractivity contribution in [1.82, 2.24) is 0 Å². The number of carbonyl (C=O) groups excluding carboxylic acids is 3. The van der Waals surface area contributed by atoms with E-state index in [9.17, 15) is 19.5 Å². The largest absolute Gasteiger partial charge is 0.507 e. The van der Waals surface area contributed by atoms with E-state index in [0.29, 0.717) is 33.9 Å². The first-order chi connectivity index (χ1) is 17.4. The molecule has 8 nitrogen and oxygen atoms in total. The van der Waals surface area contributed by atoms with Crippen LogP contribution in [0.2, 0.25) is 0 Å². The van der Waals surface area contributed by atoms with Crippen LogP contribution < -0.4 is 14.4 Å². The zero-order chi connectivity index (χ0) is 25.8. The molecule has 1 N–H and O–H groups in total. The molecule has 184 valence electrons. The summed E-state index contributed by atoms with van der Waals surface area (Å²) in [7, 11) is 2.99. The molecule has 0 unspecified atom stereocenters. The summed E-state index contributed by atoms with van der Waals surface area (Å²) in [6, 6.07) is 18.8. The maximum absolute atomic E-state index is 13.3. The normalized spacial score (nSPS) is 16.6. The molecule has 1 atom stereocenters. The highest BCUT2D eigenvalue weighted by atomic mass is 16.5. The van der Waals surface area contributed by atoms with E-state index >= 15 is 0 Å². The molecule has 0 aromatic heterocycles. The number of ketones is 1. The summed E-state index contributed by atoms with van der Waals surface area (Å²) in [4.78, 5) is 40.0. The lowest BCUT2D eigenvalue weighted by Crippen LogP contribution is -2.29. The number of nitrogens with zero attached hydrogens (tertiary/aromatic N) is 1. The van der Waals surface area contributed by atoms with Gasteiger partial charge in [-0.3, -0.25) is 14.5 Å². The van der Waals surface area contributed by atoms with Gasteiger partial charge >= 0.3 is 5.97 Å². The predicted molar refractivity (Wildman–Crippen MR) is 133 cm³/mol. The first kappa shape index (κ1) is 24.5. The van der Waals surface area contributed by atoms with E-state index in [4.69, 9.17) is 14.2 Å². The molecule has 1 fully saturated rings. The second-order valence-corrected chi connectivity index (χ2v) is 7.92. The van der Waals surface area contributed by atoms with Gasteiger partial charge in [0.05, 0.1) is 38.0 Å². The van der Waals surface area contributed by atoms with Gasteiger partial charge in [0.2, 0.25) is 0 Å². The zero-order valence-electron chi connectivity index (χ0n) is 20.1. The molecule has 0 saturated carbocycles. The molecule has 4 rings (SSSR count). The molecular weight excluding hydrogens is 462 g/mol. The van der Waals surface area contributed by atoms with E-state index in [0.717, 1.165) is 0 Å². The number of hydrogen-bond acceptors (Lipinski definition) is 7. The first-order valence-electron chi connectivity index (χ1n) is 11.3. The van der Waals surface area contributed by atoms with Gasteiger partial charge in [-0.2, -0.15) is 0 Å². The number of hydrogen-bond donors (Lipinski definition) is 1. The number of ether oxygens (including phenoxy) is 3. The molecule has 1 aliphatic rings. The maximum atomic E-state index is 13.3. The Bertz CT molecular complexity index is 1330. The Morgan fingerprint density at radius 3 is 2.17 bits per heavy atom. The molecule has 3 aromatic rings. The van der Waals surface area contributed by atoms with Crippen LogP contribution in [0.25, 0.3) is 5.76 Å². The lowest BCUT2D eigenvalue weighted by atomic mass is 9.94. The summed E-state index contributed by atoms with van der Waals surface area (Å²) in [6.45, 7) is 1.94. The predicted octanol–water partition coefficient (Wildman–Crippen LogP) is 4.51. The number of Topliss-reactive ketones (excluding diaryl/α,β-unsaturated/α-hetero) is 1. The van der Waals surface area contributed by atoms with Gasteiger partial charge in [0.15, 0.2) is 11.5 Å². The number of esters is 1. The van der Waals surface area contributed by atoms with E-state index in [-0.39, 0.29) is 17.9 Å². The van der Waals surface area contributed by atoms with Crippen LogP contribution in [-0.4, -0.2) is 43.6 Å². The quantitative estimate of drug-likeness (QED) is 0.226. The molecule has 1 aliphatic heterocycles. The van der Waals surface area contributed by atoms with Crippen LogP contribution in [0.1, 0.15) is 34.5 Å². The Labute approximate surface area is 208 Å². The number of anilines is 1. The number of methoxy groups -OCH3 is 2. The number of aliphatic hydroxyl groups excluding tert-OH is 1. The number of aliphatic hydroxyl groups is 1. The molecule has 0 spiro atoms. The average molecular weight is 488 g/mol. The summed E-state index contributed by atoms with van der Waals surface area (Å²) < 4.78 is 15.8. The molecule has 36 heavy (non-hydrogen) atoms. The van der Waals surface area contributed by atoms with Gasteiger partial charge in [0.1, 0.15) is 5.76 Å². The topological polar surface area (TPSA) is 102 Å². The Hall–Kier alpha value is -4.59. The van der Waals surface area contributed by atoms with E-state index in [2.05, 4.69) is 0 Å². The minimum atomic E-state index is -0.960. The van der Waals surface area contributed by atoms with Crippen molar-refractivity contribution in [3.63, 3.8) is 0 Å². The van der Waals surface area contributed by atoms with Gasteiger partial charge < -0.3 is 19.3 Å². The minimum absolute atomic E-state index is 0.0621. The van der Waals surface area contributed by atoms with Gasteiger partial charge in [-0.25, -0.2) is 4.79 Å². The first-order valence-corrected chi connectivity index (χ1v) is 11.3. The van der Waals surface area contributed by atoms with Crippen LogP contribution in [-0.2, 0) is 14.3 Å². The zero-order valence-corrected chi connectivity index (χ0v) is 20.1. The molecule has 1 heterocycles. The van der Waals surface area contributed by atoms with Crippen molar-refractivity contribution < 1.29 is 33.7 Å². The van der Waals surface area contributed by atoms with E-state index in [1.807, 2.05) is 0 Å². The average Bonchev–Trinajstić information content (AvgIpc) is 3.18. The van der Waals surface area contributed by atoms with E-state index in [1.54, 1.807) is 67.6 Å². The summed E-state index contributed by atoms with van der Waals surface area (Å²) in [6.07, 6.45) is 0. The van der Waals surface area contributed by atoms with Crippen LogP contribution in [0.4, 0.5) is 5.69 Å². The lowest BCUT2D eigenvalue weighted by molar-refractivity contribution is -0.132. The summed E-state index contributed by atoms with van der Waals surface area (Å²) in [5, 5.41) is 11.2. The smallest absolute Gasteiger partial charge is 0.338 e. The SMILES string of the molecule is CCOC(=O)c1ccc(N2C(=O)C(=O)C(=C(O)c3ccccc3)[C@@H]2c2ccc(OC)c(OC)c2)cc1. The molecular formula is C28H25NO7. The Kier molecular flexibility index (Phi) is 7.05. The van der Waals surface area contributed by atoms with Crippen molar-refractivity contribution in [2.45, 2.75) is 13.0 Å². The van der Waals surface area contributed by atoms with Crippen LogP contribution in [0.15, 0.2) is 78.4 Å². The van der Waals surface area contributed by atoms with Gasteiger partial charge in [0, 0.05) is 11.3 Å². The second-order valence-electron chi connectivity index (χ2n) is 7.92. The standard InChI is InChI=1S/C28H25NO7/c1-4-36-28(33)18-10-13-20(14-11-18)29-24(19-12-15-21(34-2)22(16-19)35-3)23(26(31)27(29)32)25(30)17-8-6-5-7-9-17/h5-16,24,30H,4H2,1-3H3/t24-/m0/s1. The third kappa shape index (κ3) is 4.40. The Morgan fingerprint density at radius 1 is 0.889 bits per heavy atom. The van der Waals surface area contributed by atoms with Gasteiger partial charge in [0.25, 0.3) is 11.7 Å². The molecule has 1 amide bonds. The fraction of sp³-hybridized carbons (Fsp3) is 0.179. The molecule has 0 bridgehead atoms. The van der Waals surface area contributed by atoms with E-state index < -0.39 is 23.7 Å². The van der Waals surface area contributed by atoms with Gasteiger partial charge in [-0.15, -0.1) is 0 Å². The molecule has 0 aliphatic carbocycles.